The number of rotatable bonds is 3. The second-order valence-corrected chi connectivity index (χ2v) is 5.88. The average molecular weight is 254 g/mol. The van der Waals surface area contributed by atoms with Crippen LogP contribution in [0, 0.1) is 5.92 Å². The minimum Gasteiger partial charge on any atom is -0.381 e. The highest BCUT2D eigenvalue weighted by Crippen LogP contribution is 2.27. The summed E-state index contributed by atoms with van der Waals surface area (Å²) in [6.07, 6.45) is 7.26. The fourth-order valence-corrected chi connectivity index (χ4v) is 3.08. The van der Waals surface area contributed by atoms with Gasteiger partial charge in [-0.3, -0.25) is 4.79 Å². The van der Waals surface area contributed by atoms with E-state index < -0.39 is 5.54 Å². The van der Waals surface area contributed by atoms with Crippen molar-refractivity contribution in [1.82, 2.24) is 5.32 Å². The molecule has 0 aromatic heterocycles. The van der Waals surface area contributed by atoms with Crippen molar-refractivity contribution in [2.24, 2.45) is 11.7 Å². The molecule has 18 heavy (non-hydrogen) atoms. The van der Waals surface area contributed by atoms with Gasteiger partial charge in [-0.1, -0.05) is 26.2 Å². The lowest BCUT2D eigenvalue weighted by molar-refractivity contribution is -0.130. The van der Waals surface area contributed by atoms with Crippen molar-refractivity contribution in [3.63, 3.8) is 0 Å². The summed E-state index contributed by atoms with van der Waals surface area (Å²) in [5, 5.41) is 3.17. The molecular formula is C14H26N2O2. The Balaban J connectivity index is 1.86. The first-order valence-corrected chi connectivity index (χ1v) is 7.31. The smallest absolute Gasteiger partial charge is 0.240 e. The topological polar surface area (TPSA) is 64.4 Å². The van der Waals surface area contributed by atoms with Gasteiger partial charge in [-0.25, -0.2) is 0 Å². The van der Waals surface area contributed by atoms with E-state index >= 15 is 0 Å². The lowest BCUT2D eigenvalue weighted by atomic mass is 9.83. The summed E-state index contributed by atoms with van der Waals surface area (Å²) in [6, 6.07) is 0.333. The van der Waals surface area contributed by atoms with Crippen LogP contribution >= 0.6 is 0 Å². The van der Waals surface area contributed by atoms with Gasteiger partial charge in [0.05, 0.1) is 5.54 Å². The lowest BCUT2D eigenvalue weighted by Crippen LogP contribution is -2.59. The maximum atomic E-state index is 12.3. The van der Waals surface area contributed by atoms with Crippen LogP contribution in [0.1, 0.15) is 51.9 Å². The number of nitrogens with two attached hydrogens (primary N) is 1. The molecular weight excluding hydrogens is 228 g/mol. The normalized spacial score (nSPS) is 31.9. The van der Waals surface area contributed by atoms with E-state index in [0.29, 0.717) is 32.1 Å². The first kappa shape index (κ1) is 13.8. The van der Waals surface area contributed by atoms with Crippen molar-refractivity contribution in [3.05, 3.63) is 0 Å². The number of ether oxygens (including phenoxy) is 1. The Kier molecular flexibility index (Phi) is 4.62. The van der Waals surface area contributed by atoms with E-state index in [-0.39, 0.29) is 5.91 Å². The van der Waals surface area contributed by atoms with E-state index in [4.69, 9.17) is 10.5 Å². The van der Waals surface area contributed by atoms with Crippen molar-refractivity contribution in [2.45, 2.75) is 63.5 Å². The van der Waals surface area contributed by atoms with Crippen molar-refractivity contribution in [1.29, 1.82) is 0 Å². The summed E-state index contributed by atoms with van der Waals surface area (Å²) in [6.45, 7) is 3.44. The molecule has 2 rings (SSSR count). The SMILES string of the molecule is CCC1CCCC(NC(=O)C2(N)CCOCC2)C1. The van der Waals surface area contributed by atoms with Crippen molar-refractivity contribution >= 4 is 5.91 Å². The first-order chi connectivity index (χ1) is 8.64. The van der Waals surface area contributed by atoms with Crippen LogP contribution in [-0.2, 0) is 9.53 Å². The van der Waals surface area contributed by atoms with Crippen LogP contribution in [0.4, 0.5) is 0 Å². The lowest BCUT2D eigenvalue weighted by Gasteiger charge is -2.35. The molecule has 0 aromatic carbocycles. The Hall–Kier alpha value is -0.610. The summed E-state index contributed by atoms with van der Waals surface area (Å²) in [5.41, 5.74) is 5.50. The molecule has 3 N–H and O–H groups in total. The molecule has 1 amide bonds. The van der Waals surface area contributed by atoms with Crippen molar-refractivity contribution in [3.8, 4) is 0 Å². The number of nitrogens with one attached hydrogen (secondary N) is 1. The third-order valence-electron chi connectivity index (χ3n) is 4.53. The van der Waals surface area contributed by atoms with E-state index in [1.54, 1.807) is 0 Å². The third-order valence-corrected chi connectivity index (χ3v) is 4.53. The van der Waals surface area contributed by atoms with Gasteiger partial charge in [-0.15, -0.1) is 0 Å². The maximum absolute atomic E-state index is 12.3. The standard InChI is InChI=1S/C14H26N2O2/c1-2-11-4-3-5-12(10-11)16-13(17)14(15)6-8-18-9-7-14/h11-12H,2-10,15H2,1H3,(H,16,17). The highest BCUT2D eigenvalue weighted by molar-refractivity contribution is 5.86. The number of carbonyl (C=O) groups is 1. The molecule has 4 heteroatoms. The Morgan fingerprint density at radius 1 is 1.39 bits per heavy atom. The highest BCUT2D eigenvalue weighted by atomic mass is 16.5. The van der Waals surface area contributed by atoms with Crippen molar-refractivity contribution < 1.29 is 9.53 Å². The Morgan fingerprint density at radius 3 is 2.78 bits per heavy atom. The van der Waals surface area contributed by atoms with Gasteiger partial charge >= 0.3 is 0 Å². The van der Waals surface area contributed by atoms with Gasteiger partial charge in [-0.2, -0.15) is 0 Å². The number of hydrogen-bond acceptors (Lipinski definition) is 3. The number of hydrogen-bond donors (Lipinski definition) is 2. The fourth-order valence-electron chi connectivity index (χ4n) is 3.08. The Morgan fingerprint density at radius 2 is 2.11 bits per heavy atom. The molecule has 2 unspecified atom stereocenters. The zero-order valence-electron chi connectivity index (χ0n) is 11.4. The molecule has 0 bridgehead atoms. The van der Waals surface area contributed by atoms with Crippen LogP contribution in [-0.4, -0.2) is 30.7 Å². The largest absolute Gasteiger partial charge is 0.381 e. The van der Waals surface area contributed by atoms with Crippen LogP contribution in [0.25, 0.3) is 0 Å². The maximum Gasteiger partial charge on any atom is 0.240 e. The second kappa shape index (κ2) is 6.02. The molecule has 1 aliphatic heterocycles. The molecule has 1 aliphatic carbocycles. The Bertz CT molecular complexity index is 288. The first-order valence-electron chi connectivity index (χ1n) is 7.31. The molecule has 1 heterocycles. The predicted octanol–water partition coefficient (Wildman–Crippen LogP) is 1.58. The monoisotopic (exact) mass is 254 g/mol. The molecule has 4 nitrogen and oxygen atoms in total. The summed E-state index contributed by atoms with van der Waals surface area (Å²) >= 11 is 0. The van der Waals surface area contributed by atoms with Crippen molar-refractivity contribution in [2.75, 3.05) is 13.2 Å². The van der Waals surface area contributed by atoms with Crippen LogP contribution in [0.15, 0.2) is 0 Å². The minimum absolute atomic E-state index is 0.0348. The summed E-state index contributed by atoms with van der Waals surface area (Å²) < 4.78 is 5.28. The predicted molar refractivity (Wildman–Crippen MR) is 71.2 cm³/mol. The van der Waals surface area contributed by atoms with E-state index in [0.717, 1.165) is 18.8 Å². The fraction of sp³-hybridized carbons (Fsp3) is 0.929. The molecule has 1 saturated carbocycles. The van der Waals surface area contributed by atoms with Gasteiger partial charge in [0.25, 0.3) is 0 Å². The van der Waals surface area contributed by atoms with Gasteiger partial charge in [0.15, 0.2) is 0 Å². The summed E-state index contributed by atoms with van der Waals surface area (Å²) in [4.78, 5) is 12.3. The molecule has 0 aromatic rings. The van der Waals surface area contributed by atoms with Crippen LogP contribution in [0.3, 0.4) is 0 Å². The number of amides is 1. The minimum atomic E-state index is -0.697. The van der Waals surface area contributed by atoms with E-state index in [2.05, 4.69) is 12.2 Å². The highest BCUT2D eigenvalue weighted by Gasteiger charge is 2.37. The quantitative estimate of drug-likeness (QED) is 0.803. The van der Waals surface area contributed by atoms with E-state index in [1.807, 2.05) is 0 Å². The Labute approximate surface area is 110 Å². The number of carbonyl (C=O) groups excluding carboxylic acids is 1. The molecule has 2 aliphatic rings. The zero-order valence-corrected chi connectivity index (χ0v) is 11.4. The van der Waals surface area contributed by atoms with Gasteiger partial charge in [0, 0.05) is 19.3 Å². The molecule has 0 radical (unpaired) electrons. The van der Waals surface area contributed by atoms with Crippen LogP contribution in [0.5, 0.6) is 0 Å². The molecule has 2 atom stereocenters. The zero-order chi connectivity index (χ0) is 13.0. The van der Waals surface area contributed by atoms with Crippen LogP contribution < -0.4 is 11.1 Å². The van der Waals surface area contributed by atoms with E-state index in [9.17, 15) is 4.79 Å². The molecule has 2 fully saturated rings. The summed E-state index contributed by atoms with van der Waals surface area (Å²) in [5.74, 6) is 0.806. The molecule has 1 saturated heterocycles. The van der Waals surface area contributed by atoms with E-state index in [1.165, 1.54) is 19.3 Å². The second-order valence-electron chi connectivity index (χ2n) is 5.88. The van der Waals surface area contributed by atoms with Gasteiger partial charge < -0.3 is 15.8 Å². The van der Waals surface area contributed by atoms with Gasteiger partial charge in [-0.05, 0) is 31.6 Å². The van der Waals surface area contributed by atoms with Crippen LogP contribution in [0.2, 0.25) is 0 Å². The van der Waals surface area contributed by atoms with Gasteiger partial charge in [0.2, 0.25) is 5.91 Å². The molecule has 104 valence electrons. The average Bonchev–Trinajstić information content (AvgIpc) is 2.40. The molecule has 0 spiro atoms. The summed E-state index contributed by atoms with van der Waals surface area (Å²) in [7, 11) is 0. The third kappa shape index (κ3) is 3.23. The van der Waals surface area contributed by atoms with Gasteiger partial charge in [0.1, 0.15) is 0 Å².